The molecule has 0 aliphatic carbocycles. The number of nitrogens with zero attached hydrogens (tertiary/aromatic N) is 2. The molecule has 2 heterocycles. The molecule has 132 valence electrons. The van der Waals surface area contributed by atoms with Crippen LogP contribution in [0.2, 0.25) is 5.02 Å². The Kier molecular flexibility index (Phi) is 5.15. The van der Waals surface area contributed by atoms with Crippen LogP contribution in [0.5, 0.6) is 0 Å². The van der Waals surface area contributed by atoms with E-state index in [1.807, 2.05) is 37.3 Å². The van der Waals surface area contributed by atoms with Gasteiger partial charge in [-0.25, -0.2) is 9.97 Å². The molecule has 8 heteroatoms. The summed E-state index contributed by atoms with van der Waals surface area (Å²) in [5.74, 6) is -0.875. The van der Waals surface area contributed by atoms with E-state index in [0.29, 0.717) is 21.8 Å². The van der Waals surface area contributed by atoms with E-state index in [1.54, 1.807) is 0 Å². The molecule has 0 amide bonds. The second-order valence-corrected chi connectivity index (χ2v) is 7.30. The van der Waals surface area contributed by atoms with E-state index in [1.165, 1.54) is 11.3 Å². The molecule has 0 spiro atoms. The number of halogens is 4. The number of alkyl halides is 3. The van der Waals surface area contributed by atoms with Gasteiger partial charge >= 0.3 is 6.18 Å². The lowest BCUT2D eigenvalue weighted by molar-refractivity contribution is -0.144. The number of thiophene rings is 1. The van der Waals surface area contributed by atoms with Crippen LogP contribution >= 0.6 is 22.9 Å². The van der Waals surface area contributed by atoms with Crippen molar-refractivity contribution in [1.82, 2.24) is 9.97 Å². The molecule has 0 atom stereocenters. The van der Waals surface area contributed by atoms with Crippen LogP contribution in [-0.4, -0.2) is 16.5 Å². The number of nitrogens with one attached hydrogen (secondary N) is 1. The Morgan fingerprint density at radius 3 is 2.56 bits per heavy atom. The summed E-state index contributed by atoms with van der Waals surface area (Å²) in [6.45, 7) is 2.35. The molecule has 1 aromatic carbocycles. The Morgan fingerprint density at radius 1 is 1.16 bits per heavy atom. The lowest BCUT2D eigenvalue weighted by atomic mass is 10.1. The first kappa shape index (κ1) is 17.9. The number of aryl methyl sites for hydroxylation is 2. The van der Waals surface area contributed by atoms with E-state index in [4.69, 9.17) is 11.6 Å². The molecule has 3 rings (SSSR count). The van der Waals surface area contributed by atoms with E-state index in [9.17, 15) is 13.2 Å². The van der Waals surface area contributed by atoms with Crippen LogP contribution in [0.4, 0.5) is 19.0 Å². The van der Waals surface area contributed by atoms with Crippen LogP contribution in [-0.2, 0) is 12.6 Å². The van der Waals surface area contributed by atoms with Gasteiger partial charge in [0.15, 0.2) is 0 Å². The fourth-order valence-corrected chi connectivity index (χ4v) is 3.46. The minimum atomic E-state index is -4.56. The van der Waals surface area contributed by atoms with Gasteiger partial charge in [-0.15, -0.1) is 11.3 Å². The van der Waals surface area contributed by atoms with E-state index < -0.39 is 12.0 Å². The smallest absolute Gasteiger partial charge is 0.369 e. The van der Waals surface area contributed by atoms with Crippen LogP contribution in [0.3, 0.4) is 0 Å². The number of aromatic nitrogens is 2. The third kappa shape index (κ3) is 4.41. The summed E-state index contributed by atoms with van der Waals surface area (Å²) in [5.41, 5.74) is 1.13. The first-order valence-electron chi connectivity index (χ1n) is 7.66. The first-order chi connectivity index (χ1) is 11.8. The zero-order valence-electron chi connectivity index (χ0n) is 13.3. The van der Waals surface area contributed by atoms with E-state index in [0.717, 1.165) is 23.3 Å². The highest BCUT2D eigenvalue weighted by atomic mass is 35.5. The Balaban J connectivity index is 1.72. The largest absolute Gasteiger partial charge is 0.451 e. The third-order valence-electron chi connectivity index (χ3n) is 3.62. The molecule has 2 aromatic heterocycles. The van der Waals surface area contributed by atoms with Crippen LogP contribution in [0.25, 0.3) is 10.2 Å². The van der Waals surface area contributed by atoms with Crippen LogP contribution in [0.15, 0.2) is 30.3 Å². The second kappa shape index (κ2) is 7.17. The van der Waals surface area contributed by atoms with E-state index >= 15 is 0 Å². The highest BCUT2D eigenvalue weighted by Gasteiger charge is 2.35. The Labute approximate surface area is 151 Å². The van der Waals surface area contributed by atoms with Crippen molar-refractivity contribution >= 4 is 39.0 Å². The normalized spacial score (nSPS) is 11.9. The molecule has 0 saturated carbocycles. The summed E-state index contributed by atoms with van der Waals surface area (Å²) in [7, 11) is 0. The molecule has 0 radical (unpaired) electrons. The SMILES string of the molecule is Cc1cc2c(NCCCc3ccc(Cl)cc3)nc(C(F)(F)F)nc2s1. The van der Waals surface area contributed by atoms with Crippen LogP contribution in [0, 0.1) is 6.92 Å². The van der Waals surface area contributed by atoms with Crippen LogP contribution in [0.1, 0.15) is 22.7 Å². The number of fused-ring (bicyclic) bond motifs is 1. The van der Waals surface area contributed by atoms with Crippen molar-refractivity contribution < 1.29 is 13.2 Å². The van der Waals surface area contributed by atoms with Gasteiger partial charge in [-0.3, -0.25) is 0 Å². The van der Waals surface area contributed by atoms with Gasteiger partial charge in [0, 0.05) is 16.4 Å². The Morgan fingerprint density at radius 2 is 1.88 bits per heavy atom. The fraction of sp³-hybridized carbons (Fsp3) is 0.294. The van der Waals surface area contributed by atoms with Crippen molar-refractivity contribution in [3.63, 3.8) is 0 Å². The molecule has 3 nitrogen and oxygen atoms in total. The van der Waals surface area contributed by atoms with Gasteiger partial charge in [-0.1, -0.05) is 23.7 Å². The number of anilines is 1. The molecule has 3 aromatic rings. The molecule has 25 heavy (non-hydrogen) atoms. The standard InChI is InChI=1S/C17H15ClF3N3S/c1-10-9-13-14(23-16(17(19,20)21)24-15(13)25-10)22-8-2-3-11-4-6-12(18)7-5-11/h4-7,9H,2-3,8H2,1H3,(H,22,23,24). The quantitative estimate of drug-likeness (QED) is 0.571. The Bertz CT molecular complexity index is 875. The topological polar surface area (TPSA) is 37.8 Å². The molecule has 0 aliphatic heterocycles. The molecule has 0 fully saturated rings. The number of hydrogen-bond donors (Lipinski definition) is 1. The summed E-state index contributed by atoms with van der Waals surface area (Å²) >= 11 is 7.08. The maximum atomic E-state index is 13.0. The molecular weight excluding hydrogens is 371 g/mol. The van der Waals surface area contributed by atoms with Gasteiger partial charge in [0.2, 0.25) is 5.82 Å². The highest BCUT2D eigenvalue weighted by Crippen LogP contribution is 2.33. The van der Waals surface area contributed by atoms with Gasteiger partial charge in [-0.2, -0.15) is 13.2 Å². The maximum Gasteiger partial charge on any atom is 0.451 e. The summed E-state index contributed by atoms with van der Waals surface area (Å²) < 4.78 is 39.0. The lowest BCUT2D eigenvalue weighted by Gasteiger charge is -2.10. The summed E-state index contributed by atoms with van der Waals surface area (Å²) in [4.78, 5) is 8.57. The minimum Gasteiger partial charge on any atom is -0.369 e. The van der Waals surface area contributed by atoms with E-state index in [-0.39, 0.29) is 5.82 Å². The van der Waals surface area contributed by atoms with Crippen molar-refractivity contribution in [2.24, 2.45) is 0 Å². The summed E-state index contributed by atoms with van der Waals surface area (Å²) in [6.07, 6.45) is -3.00. The van der Waals surface area contributed by atoms with Crippen molar-refractivity contribution in [2.45, 2.75) is 25.9 Å². The van der Waals surface area contributed by atoms with E-state index in [2.05, 4.69) is 15.3 Å². The molecular formula is C17H15ClF3N3S. The first-order valence-corrected chi connectivity index (χ1v) is 8.86. The van der Waals surface area contributed by atoms with Crippen molar-refractivity contribution in [3.8, 4) is 0 Å². The van der Waals surface area contributed by atoms with Crippen molar-refractivity contribution in [1.29, 1.82) is 0 Å². The second-order valence-electron chi connectivity index (χ2n) is 5.63. The van der Waals surface area contributed by atoms with Crippen molar-refractivity contribution in [2.75, 3.05) is 11.9 Å². The summed E-state index contributed by atoms with van der Waals surface area (Å²) in [6, 6.07) is 9.33. The maximum absolute atomic E-state index is 13.0. The summed E-state index contributed by atoms with van der Waals surface area (Å²) in [5, 5.41) is 4.33. The number of benzene rings is 1. The molecule has 0 saturated heterocycles. The van der Waals surface area contributed by atoms with Gasteiger partial charge in [-0.05, 0) is 43.5 Å². The average molecular weight is 386 g/mol. The van der Waals surface area contributed by atoms with Crippen molar-refractivity contribution in [3.05, 3.63) is 51.6 Å². The Hall–Kier alpha value is -1.86. The van der Waals surface area contributed by atoms with Crippen LogP contribution < -0.4 is 5.32 Å². The highest BCUT2D eigenvalue weighted by molar-refractivity contribution is 7.18. The minimum absolute atomic E-state index is 0.234. The molecule has 0 unspecified atom stereocenters. The fourth-order valence-electron chi connectivity index (χ4n) is 2.45. The number of rotatable bonds is 5. The predicted octanol–water partition coefficient (Wildman–Crippen LogP) is 5.72. The molecule has 1 N–H and O–H groups in total. The van der Waals surface area contributed by atoms with Gasteiger partial charge in [0.05, 0.1) is 5.39 Å². The van der Waals surface area contributed by atoms with Gasteiger partial charge < -0.3 is 5.32 Å². The van der Waals surface area contributed by atoms with Gasteiger partial charge in [0.1, 0.15) is 10.6 Å². The zero-order valence-corrected chi connectivity index (χ0v) is 14.9. The number of hydrogen-bond acceptors (Lipinski definition) is 4. The zero-order chi connectivity index (χ0) is 18.0. The average Bonchev–Trinajstić information content (AvgIpc) is 2.92. The monoisotopic (exact) mass is 385 g/mol. The predicted molar refractivity (Wildman–Crippen MR) is 95.4 cm³/mol. The third-order valence-corrected chi connectivity index (χ3v) is 4.81. The lowest BCUT2D eigenvalue weighted by Crippen LogP contribution is -2.13. The molecule has 0 bridgehead atoms. The molecule has 0 aliphatic rings. The van der Waals surface area contributed by atoms with Gasteiger partial charge in [0.25, 0.3) is 0 Å².